The van der Waals surface area contributed by atoms with Gasteiger partial charge in [0.2, 0.25) is 0 Å². The fraction of sp³-hybridized carbons (Fsp3) is 0.667. The van der Waals surface area contributed by atoms with Crippen molar-refractivity contribution in [2.45, 2.75) is 77.9 Å². The molecule has 0 atom stereocenters. The Morgan fingerprint density at radius 3 is 1.87 bits per heavy atom. The SMILES string of the molecule is CC(C)P(=S)(c1cccc(B2OC(C)(C)C(C)(C)O2)c1)C(C)C. The van der Waals surface area contributed by atoms with E-state index in [1.165, 1.54) is 5.30 Å². The van der Waals surface area contributed by atoms with E-state index >= 15 is 0 Å². The fourth-order valence-electron chi connectivity index (χ4n) is 3.06. The second-order valence-corrected chi connectivity index (χ2v) is 13.9. The van der Waals surface area contributed by atoms with Crippen LogP contribution in [0.25, 0.3) is 0 Å². The zero-order valence-electron chi connectivity index (χ0n) is 15.7. The van der Waals surface area contributed by atoms with E-state index in [4.69, 9.17) is 21.1 Å². The lowest BCUT2D eigenvalue weighted by Crippen LogP contribution is -2.41. The molecular formula is C18H30BO2PS. The molecule has 128 valence electrons. The summed E-state index contributed by atoms with van der Waals surface area (Å²) in [6, 6.07) is 6.98. The van der Waals surface area contributed by atoms with Crippen molar-refractivity contribution in [2.75, 3.05) is 0 Å². The average Bonchev–Trinajstić information content (AvgIpc) is 2.66. The molecule has 1 aliphatic heterocycles. The van der Waals surface area contributed by atoms with Crippen molar-refractivity contribution in [3.8, 4) is 0 Å². The highest BCUT2D eigenvalue weighted by atomic mass is 32.4. The second-order valence-electron chi connectivity index (χ2n) is 8.08. The van der Waals surface area contributed by atoms with Gasteiger partial charge in [0.15, 0.2) is 0 Å². The van der Waals surface area contributed by atoms with Crippen LogP contribution in [-0.2, 0) is 21.1 Å². The summed E-state index contributed by atoms with van der Waals surface area (Å²) in [5, 5.41) is 1.30. The van der Waals surface area contributed by atoms with Crippen molar-refractivity contribution < 1.29 is 9.31 Å². The highest BCUT2D eigenvalue weighted by Crippen LogP contribution is 2.54. The van der Waals surface area contributed by atoms with E-state index in [-0.39, 0.29) is 18.3 Å². The molecule has 0 aliphatic carbocycles. The Morgan fingerprint density at radius 1 is 0.957 bits per heavy atom. The van der Waals surface area contributed by atoms with E-state index in [2.05, 4.69) is 79.7 Å². The normalized spacial score (nSPS) is 20.5. The van der Waals surface area contributed by atoms with Gasteiger partial charge in [-0.25, -0.2) is 0 Å². The number of rotatable bonds is 4. The van der Waals surface area contributed by atoms with Gasteiger partial charge in [-0.05, 0) is 55.8 Å². The lowest BCUT2D eigenvalue weighted by molar-refractivity contribution is 0.00578. The molecule has 0 N–H and O–H groups in total. The van der Waals surface area contributed by atoms with Crippen molar-refractivity contribution in [2.24, 2.45) is 0 Å². The predicted octanol–water partition coefficient (Wildman–Crippen LogP) is 3.91. The number of hydrogen-bond donors (Lipinski definition) is 0. The van der Waals surface area contributed by atoms with Gasteiger partial charge in [-0.2, -0.15) is 0 Å². The molecule has 0 radical (unpaired) electrons. The molecule has 2 rings (SSSR count). The van der Waals surface area contributed by atoms with Crippen molar-refractivity contribution in [1.29, 1.82) is 0 Å². The van der Waals surface area contributed by atoms with Crippen LogP contribution in [0.15, 0.2) is 24.3 Å². The first kappa shape index (κ1) is 19.2. The molecule has 0 bridgehead atoms. The molecular weight excluding hydrogens is 322 g/mol. The van der Waals surface area contributed by atoms with Crippen molar-refractivity contribution >= 4 is 35.7 Å². The first-order valence-corrected chi connectivity index (χ1v) is 11.4. The van der Waals surface area contributed by atoms with Crippen LogP contribution in [0.3, 0.4) is 0 Å². The minimum Gasteiger partial charge on any atom is -0.399 e. The molecule has 0 unspecified atom stereocenters. The lowest BCUT2D eigenvalue weighted by atomic mass is 9.79. The van der Waals surface area contributed by atoms with E-state index in [0.717, 1.165) is 5.46 Å². The third kappa shape index (κ3) is 3.33. The molecule has 1 aliphatic rings. The van der Waals surface area contributed by atoms with Gasteiger partial charge >= 0.3 is 7.12 Å². The van der Waals surface area contributed by atoms with Crippen LogP contribution in [0.4, 0.5) is 0 Å². The van der Waals surface area contributed by atoms with Crippen LogP contribution in [0.5, 0.6) is 0 Å². The molecule has 0 amide bonds. The third-order valence-corrected chi connectivity index (χ3v) is 12.6. The molecule has 5 heteroatoms. The van der Waals surface area contributed by atoms with E-state index < -0.39 is 6.04 Å². The van der Waals surface area contributed by atoms with E-state index in [0.29, 0.717) is 11.3 Å². The van der Waals surface area contributed by atoms with E-state index in [1.54, 1.807) is 0 Å². The molecule has 1 saturated heterocycles. The average molecular weight is 352 g/mol. The lowest BCUT2D eigenvalue weighted by Gasteiger charge is -2.32. The topological polar surface area (TPSA) is 18.5 Å². The van der Waals surface area contributed by atoms with Gasteiger partial charge in [0, 0.05) is 0 Å². The Bertz CT molecular complexity index is 597. The first-order chi connectivity index (χ1) is 10.4. The maximum atomic E-state index is 6.19. The quantitative estimate of drug-likeness (QED) is 0.605. The van der Waals surface area contributed by atoms with Crippen LogP contribution < -0.4 is 10.8 Å². The van der Waals surface area contributed by atoms with Gasteiger partial charge in [0.05, 0.1) is 11.2 Å². The molecule has 0 spiro atoms. The first-order valence-electron chi connectivity index (χ1n) is 8.47. The molecule has 2 nitrogen and oxygen atoms in total. The summed E-state index contributed by atoms with van der Waals surface area (Å²) in [4.78, 5) is 0. The van der Waals surface area contributed by atoms with Crippen molar-refractivity contribution in [3.05, 3.63) is 24.3 Å². The molecule has 23 heavy (non-hydrogen) atoms. The van der Waals surface area contributed by atoms with E-state index in [9.17, 15) is 0 Å². The summed E-state index contributed by atoms with van der Waals surface area (Å²) < 4.78 is 12.4. The molecule has 1 fully saturated rings. The molecule has 1 aromatic rings. The summed E-state index contributed by atoms with van der Waals surface area (Å²) in [6.45, 7) is 17.4. The van der Waals surface area contributed by atoms with Crippen LogP contribution in [-0.4, -0.2) is 29.6 Å². The maximum Gasteiger partial charge on any atom is 0.494 e. The van der Waals surface area contributed by atoms with Gasteiger partial charge in [-0.15, -0.1) is 0 Å². The molecule has 1 aromatic carbocycles. The summed E-state index contributed by atoms with van der Waals surface area (Å²) >= 11 is 6.17. The third-order valence-electron chi connectivity index (χ3n) is 5.33. The van der Waals surface area contributed by atoms with Gasteiger partial charge in [-0.3, -0.25) is 0 Å². The monoisotopic (exact) mass is 352 g/mol. The second kappa shape index (κ2) is 6.30. The largest absolute Gasteiger partial charge is 0.494 e. The summed E-state index contributed by atoms with van der Waals surface area (Å²) in [5.41, 5.74) is 1.43. The van der Waals surface area contributed by atoms with Crippen molar-refractivity contribution in [3.63, 3.8) is 0 Å². The smallest absolute Gasteiger partial charge is 0.399 e. The van der Waals surface area contributed by atoms with Gasteiger partial charge < -0.3 is 9.31 Å². The predicted molar refractivity (Wildman–Crippen MR) is 106 cm³/mol. The van der Waals surface area contributed by atoms with Gasteiger partial charge in [0.25, 0.3) is 0 Å². The maximum absolute atomic E-state index is 6.19. The fourth-order valence-corrected chi connectivity index (χ4v) is 6.46. The Balaban J connectivity index is 2.41. The molecule has 0 saturated carbocycles. The van der Waals surface area contributed by atoms with Gasteiger partial charge in [0.1, 0.15) is 0 Å². The highest BCUT2D eigenvalue weighted by molar-refractivity contribution is 8.18. The number of hydrogen-bond acceptors (Lipinski definition) is 3. The summed E-state index contributed by atoms with van der Waals surface area (Å²) in [7, 11) is -0.317. The molecule has 1 heterocycles. The van der Waals surface area contributed by atoms with Crippen LogP contribution in [0, 0.1) is 0 Å². The minimum absolute atomic E-state index is 0.316. The summed E-state index contributed by atoms with van der Waals surface area (Å²) in [5.74, 6) is 0. The zero-order chi connectivity index (χ0) is 17.6. The van der Waals surface area contributed by atoms with Crippen LogP contribution in [0.2, 0.25) is 0 Å². The zero-order valence-corrected chi connectivity index (χ0v) is 17.4. The Labute approximate surface area is 147 Å². The standard InChI is InChI=1S/C18H30BO2PS/c1-13(2)22(23,14(3)4)16-11-9-10-15(12-16)19-20-17(5,6)18(7,8)21-19/h9-14H,1-8H3. The van der Waals surface area contributed by atoms with Crippen LogP contribution in [0.1, 0.15) is 55.4 Å². The van der Waals surface area contributed by atoms with Crippen molar-refractivity contribution in [1.82, 2.24) is 0 Å². The van der Waals surface area contributed by atoms with Gasteiger partial charge in [-0.1, -0.05) is 63.8 Å². The summed E-state index contributed by atoms with van der Waals surface area (Å²) in [6.07, 6.45) is 0. The molecule has 0 aromatic heterocycles. The Kier molecular flexibility index (Phi) is 5.25. The number of benzene rings is 1. The highest BCUT2D eigenvalue weighted by Gasteiger charge is 2.51. The minimum atomic E-state index is -1.63. The Hall–Kier alpha value is -0.145. The van der Waals surface area contributed by atoms with Crippen LogP contribution >= 0.6 is 6.04 Å². The Morgan fingerprint density at radius 2 is 1.43 bits per heavy atom. The van der Waals surface area contributed by atoms with E-state index in [1.807, 2.05) is 0 Å².